The Morgan fingerprint density at radius 2 is 2.14 bits per heavy atom. The number of amides is 1. The van der Waals surface area contributed by atoms with Crippen molar-refractivity contribution in [1.82, 2.24) is 5.32 Å². The fourth-order valence-corrected chi connectivity index (χ4v) is 6.25. The van der Waals surface area contributed by atoms with Gasteiger partial charge in [-0.05, 0) is 11.6 Å². The Balaban J connectivity index is 1.56. The molecule has 1 aromatic carbocycles. The molecule has 0 saturated carbocycles. The molecule has 0 aromatic heterocycles. The number of carbonyl (C=O) groups is 2. The summed E-state index contributed by atoms with van der Waals surface area (Å²) in [5.41, 5.74) is 1.71. The quantitative estimate of drug-likeness (QED) is 0.414. The third-order valence-corrected chi connectivity index (χ3v) is 7.48. The molecule has 1 saturated heterocycles. The van der Waals surface area contributed by atoms with Crippen LogP contribution >= 0.6 is 0 Å². The number of carboxylic acid groups (broad SMARTS) is 1. The number of phenols is 1. The Hall–Kier alpha value is -2.58. The lowest BCUT2D eigenvalue weighted by molar-refractivity contribution is -0.936. The monoisotopic (exact) mass is 401 g/mol. The molecule has 154 valence electrons. The highest BCUT2D eigenvalue weighted by atomic mass is 16.5. The van der Waals surface area contributed by atoms with Crippen LogP contribution in [0.25, 0.3) is 0 Å². The summed E-state index contributed by atoms with van der Waals surface area (Å²) in [6, 6.07) is 3.66. The first-order valence-electron chi connectivity index (χ1n) is 9.97. The van der Waals surface area contributed by atoms with Crippen molar-refractivity contribution in [2.75, 3.05) is 26.7 Å². The molecule has 2 aliphatic carbocycles. The van der Waals surface area contributed by atoms with Crippen molar-refractivity contribution in [3.05, 3.63) is 35.4 Å². The molecule has 2 heterocycles. The van der Waals surface area contributed by atoms with E-state index in [1.807, 2.05) is 13.1 Å². The first kappa shape index (κ1) is 18.4. The molecule has 2 bridgehead atoms. The molecule has 1 fully saturated rings. The van der Waals surface area contributed by atoms with E-state index in [2.05, 4.69) is 11.4 Å². The summed E-state index contributed by atoms with van der Waals surface area (Å²) in [6.07, 6.45) is 4.08. The molecule has 1 spiro atoms. The molecule has 4 N–H and O–H groups in total. The number of benzene rings is 1. The number of aliphatic carboxylic acids is 1. The van der Waals surface area contributed by atoms with Crippen molar-refractivity contribution in [2.45, 2.75) is 36.5 Å². The summed E-state index contributed by atoms with van der Waals surface area (Å²) in [4.78, 5) is 23.2. The standard InChI is InChI=1S/C21H24N2O6/c1-23(10-16(26)22-9-17(27)28)7-6-21-12-3-5-15(25)20(21)29-19-14(24)4-2-11(18(19)21)8-13(12)23/h2-5,12-13,15,20,25H,6-10H2,1H3,(H2-,22,24,26,27,28)/p+1/t12-,13+,15-,20-,21-,23?/m0/s1. The fourth-order valence-electron chi connectivity index (χ4n) is 6.25. The van der Waals surface area contributed by atoms with E-state index in [9.17, 15) is 19.8 Å². The van der Waals surface area contributed by atoms with Crippen LogP contribution in [0.5, 0.6) is 11.5 Å². The summed E-state index contributed by atoms with van der Waals surface area (Å²) in [5.74, 6) is -0.672. The average molecular weight is 401 g/mol. The van der Waals surface area contributed by atoms with Crippen molar-refractivity contribution in [1.29, 1.82) is 0 Å². The van der Waals surface area contributed by atoms with E-state index in [0.29, 0.717) is 23.2 Å². The number of quaternary nitrogens is 1. The van der Waals surface area contributed by atoms with Gasteiger partial charge in [-0.2, -0.15) is 0 Å². The lowest BCUT2D eigenvalue weighted by Gasteiger charge is -2.59. The second-order valence-electron chi connectivity index (χ2n) is 8.98. The van der Waals surface area contributed by atoms with Gasteiger partial charge in [0.05, 0.1) is 19.0 Å². The number of carbonyl (C=O) groups excluding carboxylic acids is 1. The Morgan fingerprint density at radius 3 is 2.90 bits per heavy atom. The van der Waals surface area contributed by atoms with Gasteiger partial charge in [0.2, 0.25) is 0 Å². The zero-order valence-electron chi connectivity index (χ0n) is 16.2. The molecule has 8 nitrogen and oxygen atoms in total. The van der Waals surface area contributed by atoms with E-state index >= 15 is 0 Å². The third kappa shape index (κ3) is 2.39. The SMILES string of the molecule is C[N+]1(CC(=O)NCC(=O)O)CC[C@]23c4c5ccc(O)c4O[C@H]2[C@@H](O)C=C[C@H]3[C@H]1C5. The van der Waals surface area contributed by atoms with E-state index in [1.165, 1.54) is 0 Å². The van der Waals surface area contributed by atoms with Crippen LogP contribution in [0.4, 0.5) is 0 Å². The highest BCUT2D eigenvalue weighted by Gasteiger charge is 2.68. The van der Waals surface area contributed by atoms with Gasteiger partial charge in [-0.3, -0.25) is 9.59 Å². The number of aliphatic hydroxyl groups is 1. The number of likely N-dealkylation sites (tertiary alicyclic amines) is 1. The Labute approximate surface area is 168 Å². The number of hydrogen-bond donors (Lipinski definition) is 4. The van der Waals surface area contributed by atoms with E-state index < -0.39 is 23.6 Å². The van der Waals surface area contributed by atoms with Crippen LogP contribution < -0.4 is 10.1 Å². The molecule has 2 aliphatic heterocycles. The molecule has 29 heavy (non-hydrogen) atoms. The number of ether oxygens (including phenoxy) is 1. The Bertz CT molecular complexity index is 945. The van der Waals surface area contributed by atoms with E-state index in [4.69, 9.17) is 9.84 Å². The van der Waals surface area contributed by atoms with Crippen molar-refractivity contribution < 1.29 is 34.1 Å². The van der Waals surface area contributed by atoms with Crippen LogP contribution in [0.1, 0.15) is 17.5 Å². The minimum atomic E-state index is -1.06. The predicted molar refractivity (Wildman–Crippen MR) is 102 cm³/mol. The molecule has 8 heteroatoms. The average Bonchev–Trinajstić information content (AvgIpc) is 3.03. The second-order valence-corrected chi connectivity index (χ2v) is 8.98. The van der Waals surface area contributed by atoms with Crippen LogP contribution in [0.2, 0.25) is 0 Å². The topological polar surface area (TPSA) is 116 Å². The summed E-state index contributed by atoms with van der Waals surface area (Å²) in [7, 11) is 2.05. The van der Waals surface area contributed by atoms with Gasteiger partial charge >= 0.3 is 5.97 Å². The molecular weight excluding hydrogens is 376 g/mol. The number of aliphatic hydroxyl groups excluding tert-OH is 1. The molecule has 1 unspecified atom stereocenters. The fraction of sp³-hybridized carbons (Fsp3) is 0.524. The van der Waals surface area contributed by atoms with Crippen molar-refractivity contribution >= 4 is 11.9 Å². The molecule has 1 amide bonds. The van der Waals surface area contributed by atoms with Gasteiger partial charge in [-0.15, -0.1) is 0 Å². The van der Waals surface area contributed by atoms with Gasteiger partial charge in [-0.25, -0.2) is 0 Å². The Kier molecular flexibility index (Phi) is 3.79. The highest BCUT2D eigenvalue weighted by Crippen LogP contribution is 2.63. The first-order chi connectivity index (χ1) is 13.8. The van der Waals surface area contributed by atoms with Gasteiger partial charge in [0, 0.05) is 24.3 Å². The molecule has 0 radical (unpaired) electrons. The molecular formula is C21H25N2O6+. The van der Waals surface area contributed by atoms with E-state index in [1.54, 1.807) is 12.1 Å². The van der Waals surface area contributed by atoms with Crippen LogP contribution in [0, 0.1) is 5.92 Å². The maximum absolute atomic E-state index is 12.5. The van der Waals surface area contributed by atoms with Crippen LogP contribution in [-0.2, 0) is 21.4 Å². The van der Waals surface area contributed by atoms with Crippen molar-refractivity contribution in [3.63, 3.8) is 0 Å². The lowest BCUT2D eigenvalue weighted by Crippen LogP contribution is -2.72. The number of piperidine rings is 1. The summed E-state index contributed by atoms with van der Waals surface area (Å²) in [6.45, 7) is 0.522. The number of carboxylic acids is 1. The molecule has 5 rings (SSSR count). The maximum atomic E-state index is 12.5. The van der Waals surface area contributed by atoms with Crippen molar-refractivity contribution in [2.24, 2.45) is 5.92 Å². The second kappa shape index (κ2) is 5.96. The maximum Gasteiger partial charge on any atom is 0.322 e. The number of rotatable bonds is 4. The number of nitrogens with one attached hydrogen (secondary N) is 1. The van der Waals surface area contributed by atoms with Gasteiger partial charge in [-0.1, -0.05) is 18.2 Å². The van der Waals surface area contributed by atoms with Crippen LogP contribution in [-0.4, -0.2) is 76.6 Å². The zero-order valence-corrected chi connectivity index (χ0v) is 16.2. The van der Waals surface area contributed by atoms with Gasteiger partial charge < -0.3 is 29.9 Å². The predicted octanol–water partition coefficient (Wildman–Crippen LogP) is -0.0863. The van der Waals surface area contributed by atoms with Crippen molar-refractivity contribution in [3.8, 4) is 11.5 Å². The minimum absolute atomic E-state index is 0.0671. The highest BCUT2D eigenvalue weighted by molar-refractivity contribution is 5.81. The Morgan fingerprint density at radius 1 is 1.34 bits per heavy atom. The largest absolute Gasteiger partial charge is 0.504 e. The number of phenolic OH excluding ortho intramolecular Hbond substituents is 1. The van der Waals surface area contributed by atoms with Crippen LogP contribution in [0.3, 0.4) is 0 Å². The number of likely N-dealkylation sites (N-methyl/N-ethyl adjacent to an activating group) is 1. The van der Waals surface area contributed by atoms with Gasteiger partial charge in [0.25, 0.3) is 5.91 Å². The molecule has 1 aromatic rings. The third-order valence-electron chi connectivity index (χ3n) is 7.48. The van der Waals surface area contributed by atoms with Gasteiger partial charge in [0.1, 0.15) is 24.8 Å². The minimum Gasteiger partial charge on any atom is -0.504 e. The molecule has 4 aliphatic rings. The van der Waals surface area contributed by atoms with E-state index in [0.717, 1.165) is 17.5 Å². The smallest absolute Gasteiger partial charge is 0.322 e. The summed E-state index contributed by atoms with van der Waals surface area (Å²) >= 11 is 0. The van der Waals surface area contributed by atoms with E-state index in [-0.39, 0.29) is 36.7 Å². The number of aromatic hydroxyl groups is 1. The molecule has 6 atom stereocenters. The first-order valence-corrected chi connectivity index (χ1v) is 9.97. The lowest BCUT2D eigenvalue weighted by atomic mass is 9.52. The number of hydrogen-bond acceptors (Lipinski definition) is 5. The zero-order chi connectivity index (χ0) is 20.6. The summed E-state index contributed by atoms with van der Waals surface area (Å²) < 4.78 is 6.63. The van der Waals surface area contributed by atoms with Crippen LogP contribution in [0.15, 0.2) is 24.3 Å². The number of nitrogens with zero attached hydrogens (tertiary/aromatic N) is 1. The van der Waals surface area contributed by atoms with Gasteiger partial charge in [0.15, 0.2) is 18.0 Å². The summed E-state index contributed by atoms with van der Waals surface area (Å²) in [5, 5.41) is 32.4. The normalized spacial score (nSPS) is 38.1.